The molecule has 180 valence electrons. The fraction of sp³-hybridized carbons (Fsp3) is 0.304. The van der Waals surface area contributed by atoms with Crippen LogP contribution < -0.4 is 10.0 Å². The van der Waals surface area contributed by atoms with Gasteiger partial charge in [0.05, 0.1) is 15.6 Å². The molecule has 0 saturated carbocycles. The van der Waals surface area contributed by atoms with E-state index in [0.717, 1.165) is 26.7 Å². The number of halogens is 1. The summed E-state index contributed by atoms with van der Waals surface area (Å²) in [5, 5.41) is 2.69. The van der Waals surface area contributed by atoms with Crippen LogP contribution in [-0.4, -0.2) is 42.5 Å². The van der Waals surface area contributed by atoms with E-state index in [1.54, 1.807) is 42.7 Å². The molecule has 2 amide bonds. The summed E-state index contributed by atoms with van der Waals surface area (Å²) in [7, 11) is -3.79. The van der Waals surface area contributed by atoms with Gasteiger partial charge in [-0.2, -0.15) is 0 Å². The predicted molar refractivity (Wildman–Crippen MR) is 136 cm³/mol. The second kappa shape index (κ2) is 10.3. The number of aromatic nitrogens is 2. The van der Waals surface area contributed by atoms with E-state index in [1.165, 1.54) is 11.3 Å². The maximum atomic E-state index is 12.9. The van der Waals surface area contributed by atoms with Gasteiger partial charge in [-0.1, -0.05) is 45.0 Å². The SMILES string of the molecule is CC(C)(C)c1ccc(C(=O)NC(Cc2ccc(-c3ncc(Br)cn3)cc2)C(=O)NS(C)(=O)=O)s1. The van der Waals surface area contributed by atoms with Crippen molar-refractivity contribution in [1.29, 1.82) is 0 Å². The Morgan fingerprint density at radius 2 is 1.68 bits per heavy atom. The molecule has 0 radical (unpaired) electrons. The minimum atomic E-state index is -3.79. The molecule has 2 aromatic heterocycles. The van der Waals surface area contributed by atoms with Crippen LogP contribution in [0, 0.1) is 0 Å². The number of thiophene rings is 1. The Morgan fingerprint density at radius 1 is 1.06 bits per heavy atom. The van der Waals surface area contributed by atoms with Crippen LogP contribution in [0.3, 0.4) is 0 Å². The Kier molecular flexibility index (Phi) is 7.89. The number of hydrogen-bond donors (Lipinski definition) is 2. The molecule has 3 rings (SSSR count). The van der Waals surface area contributed by atoms with Gasteiger partial charge in [0.15, 0.2) is 5.82 Å². The van der Waals surface area contributed by atoms with Gasteiger partial charge < -0.3 is 5.32 Å². The molecule has 34 heavy (non-hydrogen) atoms. The van der Waals surface area contributed by atoms with Crippen LogP contribution >= 0.6 is 27.3 Å². The summed E-state index contributed by atoms with van der Waals surface area (Å²) in [5.74, 6) is -0.695. The van der Waals surface area contributed by atoms with Gasteiger partial charge in [-0.25, -0.2) is 18.4 Å². The van der Waals surface area contributed by atoms with E-state index in [2.05, 4.69) is 31.2 Å². The number of amides is 2. The molecular weight excluding hydrogens is 540 g/mol. The molecule has 1 unspecified atom stereocenters. The second-order valence-corrected chi connectivity index (χ2v) is 12.6. The van der Waals surface area contributed by atoms with E-state index in [-0.39, 0.29) is 11.8 Å². The lowest BCUT2D eigenvalue weighted by Gasteiger charge is -2.18. The number of benzene rings is 1. The van der Waals surface area contributed by atoms with Gasteiger partial charge in [0.1, 0.15) is 6.04 Å². The van der Waals surface area contributed by atoms with Crippen molar-refractivity contribution in [2.75, 3.05) is 6.26 Å². The number of nitrogens with one attached hydrogen (secondary N) is 2. The van der Waals surface area contributed by atoms with Crippen molar-refractivity contribution in [2.24, 2.45) is 0 Å². The quantitative estimate of drug-likeness (QED) is 0.452. The molecule has 0 aliphatic heterocycles. The van der Waals surface area contributed by atoms with Gasteiger partial charge in [0, 0.05) is 29.3 Å². The molecule has 2 N–H and O–H groups in total. The van der Waals surface area contributed by atoms with E-state index in [0.29, 0.717) is 10.7 Å². The molecule has 2 heterocycles. The summed E-state index contributed by atoms with van der Waals surface area (Å²) in [6, 6.07) is 9.69. The Labute approximate surface area is 211 Å². The highest BCUT2D eigenvalue weighted by molar-refractivity contribution is 9.10. The molecule has 0 fully saturated rings. The fourth-order valence-corrected chi connectivity index (χ4v) is 4.72. The third kappa shape index (κ3) is 7.18. The average Bonchev–Trinajstić information content (AvgIpc) is 3.24. The maximum Gasteiger partial charge on any atom is 0.262 e. The Balaban J connectivity index is 1.80. The number of carbonyl (C=O) groups excluding carboxylic acids is 2. The Morgan fingerprint density at radius 3 is 2.21 bits per heavy atom. The van der Waals surface area contributed by atoms with Crippen molar-refractivity contribution in [1.82, 2.24) is 20.0 Å². The molecule has 3 aromatic rings. The van der Waals surface area contributed by atoms with Crippen LogP contribution in [-0.2, 0) is 26.7 Å². The van der Waals surface area contributed by atoms with Gasteiger partial charge in [-0.05, 0) is 39.0 Å². The van der Waals surface area contributed by atoms with Crippen LogP contribution in [0.4, 0.5) is 0 Å². The molecule has 0 aliphatic carbocycles. The highest BCUT2D eigenvalue weighted by Gasteiger charge is 2.26. The van der Waals surface area contributed by atoms with Gasteiger partial charge in [-0.3, -0.25) is 14.3 Å². The second-order valence-electron chi connectivity index (χ2n) is 8.80. The van der Waals surface area contributed by atoms with Crippen LogP contribution in [0.2, 0.25) is 0 Å². The lowest BCUT2D eigenvalue weighted by atomic mass is 9.95. The van der Waals surface area contributed by atoms with E-state index in [9.17, 15) is 18.0 Å². The van der Waals surface area contributed by atoms with Crippen LogP contribution in [0.1, 0.15) is 40.9 Å². The third-order valence-corrected chi connectivity index (χ3v) is 7.24. The highest BCUT2D eigenvalue weighted by Crippen LogP contribution is 2.29. The molecular formula is C23H25BrN4O4S2. The standard InChI is InChI=1S/C23H25BrN4O4S2/c1-23(2,3)19-10-9-18(33-19)22(30)27-17(21(29)28-34(4,31)32)11-14-5-7-15(8-6-14)20-25-12-16(24)13-26-20/h5-10,12-13,17H,11H2,1-4H3,(H,27,30)(H,28,29). The Bertz CT molecular complexity index is 1280. The first kappa shape index (κ1) is 26.0. The average molecular weight is 566 g/mol. The smallest absolute Gasteiger partial charge is 0.262 e. The maximum absolute atomic E-state index is 12.9. The first-order valence-corrected chi connectivity index (χ1v) is 13.8. The summed E-state index contributed by atoms with van der Waals surface area (Å²) in [6.07, 6.45) is 4.29. The minimum Gasteiger partial charge on any atom is -0.339 e. The van der Waals surface area contributed by atoms with E-state index in [1.807, 2.05) is 31.6 Å². The third-order valence-electron chi connectivity index (χ3n) is 4.75. The highest BCUT2D eigenvalue weighted by atomic mass is 79.9. The predicted octanol–water partition coefficient (Wildman–Crippen LogP) is 3.68. The molecule has 8 nitrogen and oxygen atoms in total. The topological polar surface area (TPSA) is 118 Å². The van der Waals surface area contributed by atoms with Crippen molar-refractivity contribution in [3.63, 3.8) is 0 Å². The van der Waals surface area contributed by atoms with Gasteiger partial charge in [0.2, 0.25) is 10.0 Å². The molecule has 1 aromatic carbocycles. The summed E-state index contributed by atoms with van der Waals surface area (Å²) >= 11 is 4.64. The molecule has 11 heteroatoms. The van der Waals surface area contributed by atoms with E-state index in [4.69, 9.17) is 0 Å². The molecule has 1 atom stereocenters. The first-order valence-electron chi connectivity index (χ1n) is 10.3. The summed E-state index contributed by atoms with van der Waals surface area (Å²) in [4.78, 5) is 35.5. The van der Waals surface area contributed by atoms with Gasteiger partial charge >= 0.3 is 0 Å². The normalized spacial score (nSPS) is 12.7. The summed E-state index contributed by atoms with van der Waals surface area (Å²) < 4.78 is 26.0. The number of carbonyl (C=O) groups is 2. The van der Waals surface area contributed by atoms with E-state index < -0.39 is 27.9 Å². The summed E-state index contributed by atoms with van der Waals surface area (Å²) in [6.45, 7) is 6.14. The number of nitrogens with zero attached hydrogens (tertiary/aromatic N) is 2. The molecule has 0 spiro atoms. The van der Waals surface area contributed by atoms with Crippen molar-refractivity contribution in [3.05, 3.63) is 68.6 Å². The van der Waals surface area contributed by atoms with Crippen molar-refractivity contribution >= 4 is 49.1 Å². The molecule has 0 bridgehead atoms. The number of sulfonamides is 1. The first-order chi connectivity index (χ1) is 15.8. The number of rotatable bonds is 7. The largest absolute Gasteiger partial charge is 0.339 e. The monoisotopic (exact) mass is 564 g/mol. The molecule has 0 saturated heterocycles. The van der Waals surface area contributed by atoms with Crippen molar-refractivity contribution in [3.8, 4) is 11.4 Å². The lowest BCUT2D eigenvalue weighted by Crippen LogP contribution is -2.49. The van der Waals surface area contributed by atoms with Gasteiger partial charge in [-0.15, -0.1) is 11.3 Å². The number of hydrogen-bond acceptors (Lipinski definition) is 7. The zero-order chi connectivity index (χ0) is 25.1. The summed E-state index contributed by atoms with van der Waals surface area (Å²) in [5.41, 5.74) is 1.40. The minimum absolute atomic E-state index is 0.103. The van der Waals surface area contributed by atoms with Crippen molar-refractivity contribution < 1.29 is 18.0 Å². The van der Waals surface area contributed by atoms with Crippen LogP contribution in [0.25, 0.3) is 11.4 Å². The molecule has 0 aliphatic rings. The zero-order valence-electron chi connectivity index (χ0n) is 19.1. The van der Waals surface area contributed by atoms with Crippen LogP contribution in [0.5, 0.6) is 0 Å². The fourth-order valence-electron chi connectivity index (χ4n) is 3.04. The van der Waals surface area contributed by atoms with Crippen LogP contribution in [0.15, 0.2) is 53.3 Å². The van der Waals surface area contributed by atoms with Crippen molar-refractivity contribution in [2.45, 2.75) is 38.6 Å². The Hall–Kier alpha value is -2.63. The van der Waals surface area contributed by atoms with Gasteiger partial charge in [0.25, 0.3) is 11.8 Å². The lowest BCUT2D eigenvalue weighted by molar-refractivity contribution is -0.121. The van der Waals surface area contributed by atoms with E-state index >= 15 is 0 Å². The zero-order valence-corrected chi connectivity index (χ0v) is 22.3.